The Kier molecular flexibility index (Phi) is 3.35. The quantitative estimate of drug-likeness (QED) is 0.849. The van der Waals surface area contributed by atoms with Crippen LogP contribution in [0.5, 0.6) is 5.75 Å². The Labute approximate surface area is 105 Å². The lowest BCUT2D eigenvalue weighted by Gasteiger charge is -2.06. The largest absolute Gasteiger partial charge is 0.508 e. The molecule has 2 N–H and O–H groups in total. The van der Waals surface area contributed by atoms with Gasteiger partial charge >= 0.3 is 0 Å². The van der Waals surface area contributed by atoms with E-state index < -0.39 is 10.0 Å². The van der Waals surface area contributed by atoms with Crippen molar-refractivity contribution in [1.29, 1.82) is 0 Å². The van der Waals surface area contributed by atoms with Gasteiger partial charge in [-0.2, -0.15) is 5.10 Å². The summed E-state index contributed by atoms with van der Waals surface area (Å²) in [6, 6.07) is 7.75. The van der Waals surface area contributed by atoms with Crippen LogP contribution in [0, 0.1) is 0 Å². The third-order valence-corrected chi connectivity index (χ3v) is 3.93. The van der Waals surface area contributed by atoms with Gasteiger partial charge in [0.1, 0.15) is 5.75 Å². The normalized spacial score (nSPS) is 11.6. The third kappa shape index (κ3) is 2.69. The lowest BCUT2D eigenvalue weighted by molar-refractivity contribution is 0.475. The molecule has 0 bridgehead atoms. The van der Waals surface area contributed by atoms with E-state index in [1.807, 2.05) is 0 Å². The van der Waals surface area contributed by atoms with Crippen LogP contribution in [-0.2, 0) is 23.6 Å². The Morgan fingerprint density at radius 3 is 2.50 bits per heavy atom. The van der Waals surface area contributed by atoms with Gasteiger partial charge in [0.15, 0.2) is 5.03 Å². The summed E-state index contributed by atoms with van der Waals surface area (Å²) in [7, 11) is -2.00. The number of phenols is 1. The van der Waals surface area contributed by atoms with Gasteiger partial charge in [0, 0.05) is 13.6 Å². The van der Waals surface area contributed by atoms with Gasteiger partial charge in [0.25, 0.3) is 10.0 Å². The van der Waals surface area contributed by atoms with E-state index in [2.05, 4.69) is 9.82 Å². The molecule has 0 unspecified atom stereocenters. The van der Waals surface area contributed by atoms with Crippen molar-refractivity contribution in [3.05, 3.63) is 42.1 Å². The summed E-state index contributed by atoms with van der Waals surface area (Å²) in [4.78, 5) is 0. The average Bonchev–Trinajstić information content (AvgIpc) is 2.76. The Morgan fingerprint density at radius 1 is 1.28 bits per heavy atom. The first-order valence-corrected chi connectivity index (χ1v) is 6.73. The molecule has 0 atom stereocenters. The van der Waals surface area contributed by atoms with Crippen molar-refractivity contribution in [3.8, 4) is 5.75 Å². The summed E-state index contributed by atoms with van der Waals surface area (Å²) in [6.07, 6.45) is 1.43. The van der Waals surface area contributed by atoms with Crippen LogP contribution >= 0.6 is 0 Å². The third-order valence-electron chi connectivity index (χ3n) is 2.45. The number of aromatic hydroxyl groups is 1. The molecule has 1 heterocycles. The molecule has 0 radical (unpaired) electrons. The van der Waals surface area contributed by atoms with E-state index in [1.54, 1.807) is 19.2 Å². The molecule has 6 nitrogen and oxygen atoms in total. The number of aryl methyl sites for hydroxylation is 1. The molecule has 1 aromatic heterocycles. The van der Waals surface area contributed by atoms with E-state index in [1.165, 1.54) is 29.1 Å². The van der Waals surface area contributed by atoms with Crippen molar-refractivity contribution in [2.75, 3.05) is 0 Å². The van der Waals surface area contributed by atoms with Crippen LogP contribution in [-0.4, -0.2) is 23.3 Å². The molecule has 2 rings (SSSR count). The summed E-state index contributed by atoms with van der Waals surface area (Å²) in [6.45, 7) is 0.161. The number of hydrogen-bond donors (Lipinski definition) is 2. The van der Waals surface area contributed by atoms with Crippen molar-refractivity contribution in [2.24, 2.45) is 7.05 Å². The average molecular weight is 267 g/mol. The van der Waals surface area contributed by atoms with Gasteiger partial charge in [0.2, 0.25) is 0 Å². The molecule has 0 aliphatic rings. The number of nitrogens with zero attached hydrogens (tertiary/aromatic N) is 2. The number of phenolic OH excluding ortho intramolecular Hbond substituents is 1. The van der Waals surface area contributed by atoms with Gasteiger partial charge < -0.3 is 5.11 Å². The number of benzene rings is 1. The minimum Gasteiger partial charge on any atom is -0.508 e. The van der Waals surface area contributed by atoms with E-state index in [0.717, 1.165) is 5.56 Å². The Bertz CT molecular complexity index is 632. The Morgan fingerprint density at radius 2 is 1.94 bits per heavy atom. The lowest BCUT2D eigenvalue weighted by atomic mass is 10.2. The fourth-order valence-electron chi connectivity index (χ4n) is 1.49. The molecule has 2 aromatic rings. The molecule has 18 heavy (non-hydrogen) atoms. The highest BCUT2D eigenvalue weighted by atomic mass is 32.2. The van der Waals surface area contributed by atoms with Crippen molar-refractivity contribution >= 4 is 10.0 Å². The number of nitrogens with one attached hydrogen (secondary N) is 1. The van der Waals surface area contributed by atoms with E-state index >= 15 is 0 Å². The van der Waals surface area contributed by atoms with Crippen LogP contribution in [0.2, 0.25) is 0 Å². The number of rotatable bonds is 4. The maximum absolute atomic E-state index is 11.9. The predicted molar refractivity (Wildman–Crippen MR) is 65.3 cm³/mol. The standard InChI is InChI=1S/C11H13N3O3S/c1-14-11(6-7-12-14)18(16,17)13-8-9-2-4-10(15)5-3-9/h2-7,13,15H,8H2,1H3. The summed E-state index contributed by atoms with van der Waals surface area (Å²) < 4.78 is 27.6. The van der Waals surface area contributed by atoms with Gasteiger partial charge in [-0.05, 0) is 23.8 Å². The fourth-order valence-corrected chi connectivity index (χ4v) is 2.63. The first-order valence-electron chi connectivity index (χ1n) is 5.24. The molecule has 0 amide bonds. The number of sulfonamides is 1. The zero-order chi connectivity index (χ0) is 13.2. The first kappa shape index (κ1) is 12.6. The SMILES string of the molecule is Cn1nccc1S(=O)(=O)NCc1ccc(O)cc1. The van der Waals surface area contributed by atoms with Crippen LogP contribution in [0.3, 0.4) is 0 Å². The maximum atomic E-state index is 11.9. The smallest absolute Gasteiger partial charge is 0.258 e. The summed E-state index contributed by atoms with van der Waals surface area (Å²) in [5.74, 6) is 0.147. The van der Waals surface area contributed by atoms with Crippen molar-refractivity contribution in [1.82, 2.24) is 14.5 Å². The monoisotopic (exact) mass is 267 g/mol. The first-order chi connectivity index (χ1) is 8.49. The summed E-state index contributed by atoms with van der Waals surface area (Å²) >= 11 is 0. The lowest BCUT2D eigenvalue weighted by Crippen LogP contribution is -2.25. The molecular weight excluding hydrogens is 254 g/mol. The van der Waals surface area contributed by atoms with E-state index in [4.69, 9.17) is 5.11 Å². The minimum absolute atomic E-state index is 0.112. The van der Waals surface area contributed by atoms with E-state index in [0.29, 0.717) is 0 Å². The second-order valence-corrected chi connectivity index (χ2v) is 5.50. The summed E-state index contributed by atoms with van der Waals surface area (Å²) in [5, 5.41) is 13.0. The summed E-state index contributed by atoms with van der Waals surface area (Å²) in [5.41, 5.74) is 0.763. The van der Waals surface area contributed by atoms with E-state index in [9.17, 15) is 8.42 Å². The van der Waals surface area contributed by atoms with Crippen LogP contribution in [0.15, 0.2) is 41.6 Å². The Balaban J connectivity index is 2.11. The highest BCUT2D eigenvalue weighted by Gasteiger charge is 2.17. The molecule has 0 fully saturated rings. The molecule has 0 spiro atoms. The van der Waals surface area contributed by atoms with Crippen molar-refractivity contribution < 1.29 is 13.5 Å². The predicted octanol–water partition coefficient (Wildman–Crippen LogP) is 0.604. The van der Waals surface area contributed by atoms with Gasteiger partial charge in [-0.1, -0.05) is 12.1 Å². The second-order valence-electron chi connectivity index (χ2n) is 3.78. The minimum atomic E-state index is -3.57. The molecule has 0 aliphatic heterocycles. The molecule has 0 aliphatic carbocycles. The van der Waals surface area contributed by atoms with Crippen LogP contribution in [0.1, 0.15) is 5.56 Å². The van der Waals surface area contributed by atoms with Crippen molar-refractivity contribution in [3.63, 3.8) is 0 Å². The van der Waals surface area contributed by atoms with E-state index in [-0.39, 0.29) is 17.3 Å². The Hall–Kier alpha value is -1.86. The van der Waals surface area contributed by atoms with Crippen LogP contribution in [0.25, 0.3) is 0 Å². The van der Waals surface area contributed by atoms with Gasteiger partial charge in [-0.25, -0.2) is 13.1 Å². The topological polar surface area (TPSA) is 84.2 Å². The zero-order valence-corrected chi connectivity index (χ0v) is 10.6. The number of aromatic nitrogens is 2. The molecule has 0 saturated heterocycles. The molecule has 7 heteroatoms. The van der Waals surface area contributed by atoms with Crippen molar-refractivity contribution in [2.45, 2.75) is 11.6 Å². The molecule has 0 saturated carbocycles. The van der Waals surface area contributed by atoms with Crippen LogP contribution < -0.4 is 4.72 Å². The molecule has 1 aromatic carbocycles. The van der Waals surface area contributed by atoms with Gasteiger partial charge in [-0.3, -0.25) is 4.68 Å². The van der Waals surface area contributed by atoms with Gasteiger partial charge in [0.05, 0.1) is 6.20 Å². The van der Waals surface area contributed by atoms with Crippen LogP contribution in [0.4, 0.5) is 0 Å². The fraction of sp³-hybridized carbons (Fsp3) is 0.182. The molecule has 96 valence electrons. The zero-order valence-electron chi connectivity index (χ0n) is 9.74. The van der Waals surface area contributed by atoms with Gasteiger partial charge in [-0.15, -0.1) is 0 Å². The number of hydrogen-bond acceptors (Lipinski definition) is 4. The second kappa shape index (κ2) is 4.79. The highest BCUT2D eigenvalue weighted by Crippen LogP contribution is 2.11. The highest BCUT2D eigenvalue weighted by molar-refractivity contribution is 7.89. The maximum Gasteiger partial charge on any atom is 0.258 e. The molecular formula is C11H13N3O3S.